The molecule has 1 aliphatic heterocycles. The van der Waals surface area contributed by atoms with E-state index < -0.39 is 20.0 Å². The van der Waals surface area contributed by atoms with Gasteiger partial charge in [-0.3, -0.25) is 9.03 Å². The van der Waals surface area contributed by atoms with E-state index in [1.54, 1.807) is 37.3 Å². The highest BCUT2D eigenvalue weighted by Crippen LogP contribution is 2.34. The number of fused-ring (bicyclic) bond motifs is 1. The molecule has 0 spiro atoms. The molecule has 0 radical (unpaired) electrons. The molecule has 2 aromatic carbocycles. The Morgan fingerprint density at radius 3 is 2.41 bits per heavy atom. The van der Waals surface area contributed by atoms with Crippen molar-refractivity contribution < 1.29 is 21.6 Å². The molecule has 0 aliphatic carbocycles. The fourth-order valence-corrected chi connectivity index (χ4v) is 5.87. The van der Waals surface area contributed by atoms with Gasteiger partial charge in [0.25, 0.3) is 10.0 Å². The Morgan fingerprint density at radius 1 is 1.07 bits per heavy atom. The Morgan fingerprint density at radius 2 is 1.76 bits per heavy atom. The van der Waals surface area contributed by atoms with Gasteiger partial charge in [0.15, 0.2) is 0 Å². The van der Waals surface area contributed by atoms with E-state index in [9.17, 15) is 16.8 Å². The molecule has 7 nitrogen and oxygen atoms in total. The van der Waals surface area contributed by atoms with Crippen LogP contribution >= 0.6 is 0 Å². The quantitative estimate of drug-likeness (QED) is 0.748. The molecule has 0 saturated carbocycles. The molecule has 29 heavy (non-hydrogen) atoms. The normalized spacial score (nSPS) is 14.4. The number of ether oxygens (including phenoxy) is 1. The number of sulfonamides is 2. The second kappa shape index (κ2) is 7.87. The first-order valence-electron chi connectivity index (χ1n) is 9.40. The molecular weight excluding hydrogens is 412 g/mol. The van der Waals surface area contributed by atoms with Gasteiger partial charge >= 0.3 is 0 Å². The molecule has 0 fully saturated rings. The lowest BCUT2D eigenvalue weighted by atomic mass is 10.0. The van der Waals surface area contributed by atoms with E-state index >= 15 is 0 Å². The Bertz CT molecular complexity index is 1140. The molecule has 0 aromatic heterocycles. The van der Waals surface area contributed by atoms with Gasteiger partial charge in [-0.1, -0.05) is 6.07 Å². The molecule has 1 heterocycles. The second-order valence-electron chi connectivity index (χ2n) is 7.11. The van der Waals surface area contributed by atoms with Crippen molar-refractivity contribution in [2.45, 2.75) is 38.5 Å². The second-order valence-corrected chi connectivity index (χ2v) is 10.9. The van der Waals surface area contributed by atoms with Gasteiger partial charge in [0.1, 0.15) is 10.6 Å². The zero-order valence-electron chi connectivity index (χ0n) is 17.0. The number of nitrogens with one attached hydrogen (secondary N) is 1. The Balaban J connectivity index is 2.02. The number of aryl methyl sites for hydroxylation is 3. The van der Waals surface area contributed by atoms with Gasteiger partial charge in [-0.2, -0.15) is 0 Å². The van der Waals surface area contributed by atoms with Crippen LogP contribution in [0.25, 0.3) is 0 Å². The number of anilines is 2. The predicted molar refractivity (Wildman–Crippen MR) is 115 cm³/mol. The van der Waals surface area contributed by atoms with Crippen molar-refractivity contribution in [1.82, 2.24) is 0 Å². The van der Waals surface area contributed by atoms with E-state index in [2.05, 4.69) is 4.72 Å². The van der Waals surface area contributed by atoms with Crippen LogP contribution in [-0.4, -0.2) is 36.2 Å². The van der Waals surface area contributed by atoms with Crippen molar-refractivity contribution in [1.29, 1.82) is 0 Å². The van der Waals surface area contributed by atoms with Gasteiger partial charge in [0, 0.05) is 6.54 Å². The molecule has 2 aromatic rings. The SMILES string of the molecule is CCS(=O)(=O)N1CCCc2ccc(NS(=O)(=O)c3cc(C)c(C)cc3OC)cc21. The van der Waals surface area contributed by atoms with Crippen LogP contribution < -0.4 is 13.8 Å². The van der Waals surface area contributed by atoms with Crippen molar-refractivity contribution >= 4 is 31.4 Å². The molecule has 0 amide bonds. The van der Waals surface area contributed by atoms with Crippen LogP contribution in [0.5, 0.6) is 5.75 Å². The van der Waals surface area contributed by atoms with Crippen molar-refractivity contribution in [3.8, 4) is 5.75 Å². The van der Waals surface area contributed by atoms with Crippen molar-refractivity contribution in [2.24, 2.45) is 0 Å². The summed E-state index contributed by atoms with van der Waals surface area (Å²) >= 11 is 0. The van der Waals surface area contributed by atoms with Gasteiger partial charge in [0.05, 0.1) is 24.2 Å². The minimum atomic E-state index is -3.92. The Labute approximate surface area is 172 Å². The zero-order chi connectivity index (χ0) is 21.4. The van der Waals surface area contributed by atoms with Crippen molar-refractivity contribution in [2.75, 3.05) is 28.4 Å². The number of hydrogen-bond donors (Lipinski definition) is 1. The molecule has 0 atom stereocenters. The van der Waals surface area contributed by atoms with Crippen LogP contribution in [-0.2, 0) is 26.5 Å². The number of benzene rings is 2. The van der Waals surface area contributed by atoms with E-state index in [-0.39, 0.29) is 16.4 Å². The van der Waals surface area contributed by atoms with Crippen LogP contribution in [0.1, 0.15) is 30.0 Å². The molecule has 158 valence electrons. The van der Waals surface area contributed by atoms with Gasteiger partial charge in [-0.05, 0) is 74.6 Å². The smallest absolute Gasteiger partial charge is 0.265 e. The maximum absolute atomic E-state index is 13.0. The molecule has 0 bridgehead atoms. The highest BCUT2D eigenvalue weighted by Gasteiger charge is 2.27. The average Bonchev–Trinajstić information content (AvgIpc) is 2.68. The van der Waals surface area contributed by atoms with Gasteiger partial charge in [-0.15, -0.1) is 0 Å². The van der Waals surface area contributed by atoms with Crippen LogP contribution in [0.15, 0.2) is 35.2 Å². The number of rotatable bonds is 6. The summed E-state index contributed by atoms with van der Waals surface area (Å²) in [6.45, 7) is 5.71. The summed E-state index contributed by atoms with van der Waals surface area (Å²) < 4.78 is 60.2. The van der Waals surface area contributed by atoms with Crippen molar-refractivity contribution in [3.63, 3.8) is 0 Å². The lowest BCUT2D eigenvalue weighted by Crippen LogP contribution is -2.36. The molecule has 1 N–H and O–H groups in total. The Hall–Kier alpha value is -2.26. The van der Waals surface area contributed by atoms with Gasteiger partial charge < -0.3 is 4.74 Å². The van der Waals surface area contributed by atoms with Crippen LogP contribution in [0.2, 0.25) is 0 Å². The first-order valence-corrected chi connectivity index (χ1v) is 12.5. The summed E-state index contributed by atoms with van der Waals surface area (Å²) in [5, 5.41) is 0. The molecule has 9 heteroatoms. The van der Waals surface area contributed by atoms with E-state index in [4.69, 9.17) is 4.74 Å². The lowest BCUT2D eigenvalue weighted by molar-refractivity contribution is 0.402. The monoisotopic (exact) mass is 438 g/mol. The number of hydrogen-bond acceptors (Lipinski definition) is 5. The first kappa shape index (κ1) is 21.4. The summed E-state index contributed by atoms with van der Waals surface area (Å²) in [5.74, 6) is 0.246. The van der Waals surface area contributed by atoms with E-state index in [1.807, 2.05) is 13.8 Å². The predicted octanol–water partition coefficient (Wildman–Crippen LogP) is 3.22. The summed E-state index contributed by atoms with van der Waals surface area (Å²) in [5.41, 5.74) is 3.49. The maximum atomic E-state index is 13.0. The highest BCUT2D eigenvalue weighted by atomic mass is 32.2. The highest BCUT2D eigenvalue weighted by molar-refractivity contribution is 7.93. The Kier molecular flexibility index (Phi) is 5.82. The van der Waals surface area contributed by atoms with E-state index in [0.717, 1.165) is 29.5 Å². The third-order valence-corrected chi connectivity index (χ3v) is 8.37. The van der Waals surface area contributed by atoms with E-state index in [0.29, 0.717) is 17.9 Å². The summed E-state index contributed by atoms with van der Waals surface area (Å²) in [7, 11) is -5.93. The van der Waals surface area contributed by atoms with Crippen molar-refractivity contribution in [3.05, 3.63) is 47.0 Å². The number of methoxy groups -OCH3 is 1. The zero-order valence-corrected chi connectivity index (χ0v) is 18.7. The number of nitrogens with zero attached hydrogens (tertiary/aromatic N) is 1. The molecule has 0 saturated heterocycles. The topological polar surface area (TPSA) is 92.8 Å². The summed E-state index contributed by atoms with van der Waals surface area (Å²) in [6.07, 6.45) is 1.49. The fourth-order valence-electron chi connectivity index (χ4n) is 3.39. The molecule has 1 aliphatic rings. The van der Waals surface area contributed by atoms with Crippen LogP contribution in [0.3, 0.4) is 0 Å². The van der Waals surface area contributed by atoms with Gasteiger partial charge in [-0.25, -0.2) is 16.8 Å². The third kappa shape index (κ3) is 4.20. The average molecular weight is 439 g/mol. The van der Waals surface area contributed by atoms with Crippen LogP contribution in [0.4, 0.5) is 11.4 Å². The minimum absolute atomic E-state index is 0.0117. The van der Waals surface area contributed by atoms with Gasteiger partial charge in [0.2, 0.25) is 10.0 Å². The first-order chi connectivity index (χ1) is 13.6. The molecule has 0 unspecified atom stereocenters. The minimum Gasteiger partial charge on any atom is -0.495 e. The molecule has 3 rings (SSSR count). The molecular formula is C20H26N2O5S2. The van der Waals surface area contributed by atoms with Crippen LogP contribution in [0, 0.1) is 13.8 Å². The largest absolute Gasteiger partial charge is 0.495 e. The third-order valence-electron chi connectivity index (χ3n) is 5.18. The maximum Gasteiger partial charge on any atom is 0.265 e. The standard InChI is InChI=1S/C20H26N2O5S2/c1-5-28(23,24)22-10-6-7-16-8-9-17(13-18(16)22)21-29(25,26)20-12-15(3)14(2)11-19(20)27-4/h8-9,11-13,21H,5-7,10H2,1-4H3. The summed E-state index contributed by atoms with van der Waals surface area (Å²) in [6, 6.07) is 8.29. The van der Waals surface area contributed by atoms with E-state index in [1.165, 1.54) is 11.4 Å². The lowest BCUT2D eigenvalue weighted by Gasteiger charge is -2.30. The fraction of sp³-hybridized carbons (Fsp3) is 0.400. The summed E-state index contributed by atoms with van der Waals surface area (Å²) in [4.78, 5) is 0.0406.